The quantitative estimate of drug-likeness (QED) is 0.155. The highest BCUT2D eigenvalue weighted by molar-refractivity contribution is 6.30. The maximum absolute atomic E-state index is 6.36. The first kappa shape index (κ1) is 37.4. The lowest BCUT2D eigenvalue weighted by Crippen LogP contribution is -2.17. The molecule has 306 valence electrons. The molecule has 0 saturated heterocycles. The van der Waals surface area contributed by atoms with Gasteiger partial charge in [0, 0.05) is 38.5 Å². The van der Waals surface area contributed by atoms with Crippen molar-refractivity contribution in [3.05, 3.63) is 236 Å². The average molecular weight is 830 g/mol. The number of hydrogen-bond donors (Lipinski definition) is 0. The number of benzene rings is 11. The van der Waals surface area contributed by atoms with Gasteiger partial charge in [-0.2, -0.15) is 0 Å². The molecule has 65 heavy (non-hydrogen) atoms. The fraction of sp³-hybridized carbons (Fsp3) is 0.0476. The third-order valence-electron chi connectivity index (χ3n) is 14.0. The molecule has 0 saturated carbocycles. The molecular formula is C63H43NO. The molecule has 0 fully saturated rings. The van der Waals surface area contributed by atoms with Gasteiger partial charge in [-0.15, -0.1) is 0 Å². The number of anilines is 3. The summed E-state index contributed by atoms with van der Waals surface area (Å²) in [5.74, 6) is 0. The molecule has 0 N–H and O–H groups in total. The third kappa shape index (κ3) is 5.81. The second kappa shape index (κ2) is 14.4. The van der Waals surface area contributed by atoms with Crippen molar-refractivity contribution in [1.29, 1.82) is 0 Å². The van der Waals surface area contributed by atoms with Crippen LogP contribution < -0.4 is 4.90 Å². The lowest BCUT2D eigenvalue weighted by atomic mass is 9.82. The van der Waals surface area contributed by atoms with Gasteiger partial charge < -0.3 is 9.32 Å². The van der Waals surface area contributed by atoms with E-state index in [4.69, 9.17) is 4.42 Å². The largest absolute Gasteiger partial charge is 0.456 e. The van der Waals surface area contributed by atoms with Crippen LogP contribution in [0.1, 0.15) is 25.0 Å². The highest BCUT2D eigenvalue weighted by Crippen LogP contribution is 2.54. The Bertz CT molecular complexity index is 3820. The molecule has 0 spiro atoms. The van der Waals surface area contributed by atoms with Gasteiger partial charge in [-0.3, -0.25) is 0 Å². The van der Waals surface area contributed by atoms with Crippen molar-refractivity contribution in [3.63, 3.8) is 0 Å². The van der Waals surface area contributed by atoms with Crippen molar-refractivity contribution >= 4 is 71.3 Å². The van der Waals surface area contributed by atoms with E-state index in [0.29, 0.717) is 0 Å². The van der Waals surface area contributed by atoms with Crippen LogP contribution in [0, 0.1) is 0 Å². The van der Waals surface area contributed by atoms with E-state index in [0.717, 1.165) is 61.3 Å². The van der Waals surface area contributed by atoms with Gasteiger partial charge in [-0.25, -0.2) is 0 Å². The Labute approximate surface area is 378 Å². The van der Waals surface area contributed by atoms with Crippen LogP contribution >= 0.6 is 0 Å². The first-order valence-electron chi connectivity index (χ1n) is 22.6. The molecule has 1 aromatic heterocycles. The van der Waals surface area contributed by atoms with Crippen molar-refractivity contribution in [2.45, 2.75) is 19.3 Å². The van der Waals surface area contributed by atoms with Crippen molar-refractivity contribution < 1.29 is 4.42 Å². The molecule has 1 heterocycles. The Morgan fingerprint density at radius 1 is 0.323 bits per heavy atom. The van der Waals surface area contributed by atoms with Crippen LogP contribution in [0.3, 0.4) is 0 Å². The van der Waals surface area contributed by atoms with Gasteiger partial charge in [-0.1, -0.05) is 190 Å². The van der Waals surface area contributed by atoms with Gasteiger partial charge in [0.25, 0.3) is 0 Å². The zero-order valence-electron chi connectivity index (χ0n) is 36.2. The Morgan fingerprint density at radius 3 is 1.65 bits per heavy atom. The van der Waals surface area contributed by atoms with Crippen molar-refractivity contribution in [3.8, 4) is 44.5 Å². The van der Waals surface area contributed by atoms with Crippen molar-refractivity contribution in [2.75, 3.05) is 4.90 Å². The predicted molar refractivity (Wildman–Crippen MR) is 275 cm³/mol. The molecular weight excluding hydrogens is 787 g/mol. The Kier molecular flexibility index (Phi) is 8.29. The standard InChI is InChI=1S/C63H43NO/c1-63(2)57-25-12-10-22-51(57)52-34-32-46(39-58(52)63)64(45-30-27-41(28-31-45)43-29-33-54-53-23-11-13-26-59(53)65-60(54)38-43)62-47(44-18-14-17-42(37-44)40-15-4-3-5-16-40)35-36-56-50-21-7-6-19-48(50)49-20-8-9-24-55(49)61(56)62/h3-39H,1-2H3. The van der Waals surface area contributed by atoms with Crippen LogP contribution in [0.2, 0.25) is 0 Å². The Morgan fingerprint density at radius 2 is 0.846 bits per heavy atom. The summed E-state index contributed by atoms with van der Waals surface area (Å²) in [7, 11) is 0. The zero-order chi connectivity index (χ0) is 43.2. The third-order valence-corrected chi connectivity index (χ3v) is 14.0. The summed E-state index contributed by atoms with van der Waals surface area (Å²) < 4.78 is 6.36. The lowest BCUT2D eigenvalue weighted by Gasteiger charge is -2.32. The van der Waals surface area contributed by atoms with Gasteiger partial charge in [0.1, 0.15) is 11.2 Å². The minimum atomic E-state index is -0.179. The number of nitrogens with zero attached hydrogens (tertiary/aromatic N) is 1. The predicted octanol–water partition coefficient (Wildman–Crippen LogP) is 17.8. The molecule has 13 rings (SSSR count). The van der Waals surface area contributed by atoms with Crippen LogP contribution in [0.5, 0.6) is 0 Å². The monoisotopic (exact) mass is 829 g/mol. The molecule has 12 aromatic rings. The summed E-state index contributed by atoms with van der Waals surface area (Å²) in [6, 6.07) is 82.5. The molecule has 2 nitrogen and oxygen atoms in total. The van der Waals surface area contributed by atoms with Crippen LogP contribution in [0.15, 0.2) is 229 Å². The van der Waals surface area contributed by atoms with Gasteiger partial charge in [0.15, 0.2) is 0 Å². The smallest absolute Gasteiger partial charge is 0.136 e. The summed E-state index contributed by atoms with van der Waals surface area (Å²) in [6.45, 7) is 4.75. The number of hydrogen-bond acceptors (Lipinski definition) is 2. The average Bonchev–Trinajstić information content (AvgIpc) is 3.85. The van der Waals surface area contributed by atoms with Crippen LogP contribution in [0.4, 0.5) is 17.1 Å². The minimum absolute atomic E-state index is 0.179. The molecule has 2 heteroatoms. The summed E-state index contributed by atoms with van der Waals surface area (Å²) in [6.07, 6.45) is 0. The van der Waals surface area contributed by atoms with Gasteiger partial charge in [0.2, 0.25) is 0 Å². The maximum atomic E-state index is 6.36. The Balaban J connectivity index is 1.10. The van der Waals surface area contributed by atoms with Crippen LogP contribution in [-0.4, -0.2) is 0 Å². The van der Waals surface area contributed by atoms with Crippen LogP contribution in [-0.2, 0) is 5.41 Å². The summed E-state index contributed by atoms with van der Waals surface area (Å²) in [4.78, 5) is 2.54. The van der Waals surface area contributed by atoms with E-state index in [9.17, 15) is 0 Å². The van der Waals surface area contributed by atoms with Crippen molar-refractivity contribution in [1.82, 2.24) is 0 Å². The molecule has 0 amide bonds. The topological polar surface area (TPSA) is 16.4 Å². The van der Waals surface area contributed by atoms with Crippen molar-refractivity contribution in [2.24, 2.45) is 0 Å². The second-order valence-electron chi connectivity index (χ2n) is 18.0. The van der Waals surface area contributed by atoms with Gasteiger partial charge in [-0.05, 0) is 126 Å². The van der Waals surface area contributed by atoms with E-state index in [-0.39, 0.29) is 5.41 Å². The second-order valence-corrected chi connectivity index (χ2v) is 18.0. The number of rotatable bonds is 6. The number of fused-ring (bicyclic) bond motifs is 12. The molecule has 1 aliphatic carbocycles. The van der Waals surface area contributed by atoms with E-state index in [2.05, 4.69) is 231 Å². The van der Waals surface area contributed by atoms with E-state index in [1.165, 1.54) is 65.7 Å². The fourth-order valence-electron chi connectivity index (χ4n) is 10.9. The summed E-state index contributed by atoms with van der Waals surface area (Å²) in [5, 5.41) is 9.70. The first-order valence-corrected chi connectivity index (χ1v) is 22.6. The summed E-state index contributed by atoms with van der Waals surface area (Å²) >= 11 is 0. The molecule has 1 aliphatic rings. The maximum Gasteiger partial charge on any atom is 0.136 e. The van der Waals surface area contributed by atoms with Crippen LogP contribution in [0.25, 0.3) is 98.8 Å². The van der Waals surface area contributed by atoms with E-state index >= 15 is 0 Å². The number of para-hydroxylation sites is 1. The zero-order valence-corrected chi connectivity index (χ0v) is 36.2. The highest BCUT2D eigenvalue weighted by atomic mass is 16.3. The number of furan rings is 1. The Hall–Kier alpha value is -8.20. The molecule has 0 aliphatic heterocycles. The molecule has 11 aromatic carbocycles. The molecule has 0 unspecified atom stereocenters. The first-order chi connectivity index (χ1) is 32.0. The summed E-state index contributed by atoms with van der Waals surface area (Å²) in [5.41, 5.74) is 17.3. The van der Waals surface area contributed by atoms with Gasteiger partial charge in [0.05, 0.1) is 5.69 Å². The van der Waals surface area contributed by atoms with E-state index in [1.807, 2.05) is 12.1 Å². The fourth-order valence-corrected chi connectivity index (χ4v) is 10.9. The lowest BCUT2D eigenvalue weighted by molar-refractivity contribution is 0.660. The highest BCUT2D eigenvalue weighted by Gasteiger charge is 2.36. The van der Waals surface area contributed by atoms with E-state index < -0.39 is 0 Å². The van der Waals surface area contributed by atoms with Gasteiger partial charge >= 0.3 is 0 Å². The molecule has 0 bridgehead atoms. The minimum Gasteiger partial charge on any atom is -0.456 e. The normalized spacial score (nSPS) is 12.9. The van der Waals surface area contributed by atoms with E-state index in [1.54, 1.807) is 0 Å². The molecule has 0 atom stereocenters. The SMILES string of the molecule is CC1(C)c2ccccc2-c2ccc(N(c3ccc(-c4ccc5c(c4)oc4ccccc45)cc3)c3c(-c4cccc(-c5ccccc5)c4)ccc4c5ccccc5c5ccccc5c34)cc21. The molecule has 0 radical (unpaired) electrons.